The molecule has 0 aliphatic carbocycles. The third kappa shape index (κ3) is 4.01. The van der Waals surface area contributed by atoms with Gasteiger partial charge in [0.2, 0.25) is 6.41 Å². The molecule has 0 N–H and O–H groups in total. The van der Waals surface area contributed by atoms with Gasteiger partial charge in [-0.05, 0) is 12.0 Å². The van der Waals surface area contributed by atoms with E-state index in [0.29, 0.717) is 26.2 Å². The van der Waals surface area contributed by atoms with Crippen molar-refractivity contribution in [3.8, 4) is 0 Å². The lowest BCUT2D eigenvalue weighted by Crippen LogP contribution is -2.53. The predicted molar refractivity (Wildman–Crippen MR) is 90.7 cm³/mol. The molecule has 1 saturated heterocycles. The zero-order valence-corrected chi connectivity index (χ0v) is 14.3. The number of amides is 1. The Morgan fingerprint density at radius 2 is 2.09 bits per heavy atom. The first kappa shape index (κ1) is 17.7. The Morgan fingerprint density at radius 3 is 2.65 bits per heavy atom. The Morgan fingerprint density at radius 1 is 1.39 bits per heavy atom. The molecule has 4 heteroatoms. The first-order valence-corrected chi connectivity index (χ1v) is 8.01. The highest BCUT2D eigenvalue weighted by molar-refractivity contribution is 5.51. The Labute approximate surface area is 139 Å². The number of hydrogen-bond donors (Lipinski definition) is 0. The Hall–Kier alpha value is -1.65. The molecule has 0 bridgehead atoms. The van der Waals surface area contributed by atoms with E-state index in [1.54, 1.807) is 4.90 Å². The largest absolute Gasteiger partial charge is 0.374 e. The molecule has 2 atom stereocenters. The van der Waals surface area contributed by atoms with Gasteiger partial charge in [0.1, 0.15) is 6.23 Å². The van der Waals surface area contributed by atoms with Crippen molar-refractivity contribution in [2.75, 3.05) is 13.2 Å². The second-order valence-electron chi connectivity index (χ2n) is 7.24. The van der Waals surface area contributed by atoms with Crippen LogP contribution in [0.5, 0.6) is 0 Å². The molecule has 1 heterocycles. The van der Waals surface area contributed by atoms with E-state index in [2.05, 4.69) is 27.4 Å². The lowest BCUT2D eigenvalue weighted by Gasteiger charge is -2.39. The molecule has 0 saturated carbocycles. The summed E-state index contributed by atoms with van der Waals surface area (Å²) in [6, 6.07) is 10.0. The van der Waals surface area contributed by atoms with Crippen molar-refractivity contribution in [2.24, 2.45) is 5.41 Å². The summed E-state index contributed by atoms with van der Waals surface area (Å²) in [5.41, 5.74) is 0.490. The van der Waals surface area contributed by atoms with Gasteiger partial charge in [0.15, 0.2) is 0 Å². The van der Waals surface area contributed by atoms with Crippen LogP contribution < -0.4 is 0 Å². The van der Waals surface area contributed by atoms with Crippen molar-refractivity contribution in [3.63, 3.8) is 0 Å². The van der Waals surface area contributed by atoms with Crippen molar-refractivity contribution < 1.29 is 14.3 Å². The number of carbonyl (C=O) groups is 1. The van der Waals surface area contributed by atoms with E-state index in [-0.39, 0.29) is 11.6 Å². The normalized spacial score (nSPS) is 24.7. The van der Waals surface area contributed by atoms with Gasteiger partial charge in [0, 0.05) is 5.41 Å². The summed E-state index contributed by atoms with van der Waals surface area (Å²) < 4.78 is 11.9. The molecule has 1 aliphatic rings. The van der Waals surface area contributed by atoms with Crippen LogP contribution >= 0.6 is 0 Å². The first-order valence-electron chi connectivity index (χ1n) is 8.01. The molecule has 1 aromatic rings. The molecule has 0 aromatic heterocycles. The average Bonchev–Trinajstić information content (AvgIpc) is 2.87. The molecule has 0 spiro atoms. The van der Waals surface area contributed by atoms with Crippen LogP contribution in [0.3, 0.4) is 0 Å². The molecule has 4 nitrogen and oxygen atoms in total. The highest BCUT2D eigenvalue weighted by Gasteiger charge is 2.50. The minimum Gasteiger partial charge on any atom is -0.374 e. The van der Waals surface area contributed by atoms with Gasteiger partial charge in [0.25, 0.3) is 0 Å². The number of rotatable bonds is 7. The Kier molecular flexibility index (Phi) is 5.60. The zero-order valence-electron chi connectivity index (χ0n) is 14.3. The molecule has 126 valence electrons. The Balaban J connectivity index is 2.09. The van der Waals surface area contributed by atoms with Gasteiger partial charge in [0.05, 0.1) is 25.4 Å². The fraction of sp³-hybridized carbons (Fsp3) is 0.526. The highest BCUT2D eigenvalue weighted by Crippen LogP contribution is 2.38. The SMILES string of the molecule is C=CC[C@@]1(COCc2ccccc2)CO[C@H](C(C)(C)C)N1C=O. The lowest BCUT2D eigenvalue weighted by molar-refractivity contribution is -0.135. The van der Waals surface area contributed by atoms with Crippen molar-refractivity contribution in [1.29, 1.82) is 0 Å². The zero-order chi connectivity index (χ0) is 16.9. The highest BCUT2D eigenvalue weighted by atomic mass is 16.5. The maximum atomic E-state index is 11.7. The fourth-order valence-electron chi connectivity index (χ4n) is 3.01. The van der Waals surface area contributed by atoms with E-state index in [9.17, 15) is 4.79 Å². The Bertz CT molecular complexity index is 523. The molecule has 0 radical (unpaired) electrons. The van der Waals surface area contributed by atoms with E-state index >= 15 is 0 Å². The minimum absolute atomic E-state index is 0.150. The lowest BCUT2D eigenvalue weighted by atomic mass is 9.90. The van der Waals surface area contributed by atoms with Crippen LogP contribution in [0.4, 0.5) is 0 Å². The van der Waals surface area contributed by atoms with Crippen LogP contribution in [0.15, 0.2) is 43.0 Å². The van der Waals surface area contributed by atoms with Crippen LogP contribution in [0.1, 0.15) is 32.8 Å². The second kappa shape index (κ2) is 7.28. The molecule has 1 amide bonds. The van der Waals surface area contributed by atoms with Gasteiger partial charge in [-0.3, -0.25) is 4.79 Å². The van der Waals surface area contributed by atoms with Gasteiger partial charge < -0.3 is 14.4 Å². The molecule has 1 aromatic carbocycles. The second-order valence-corrected chi connectivity index (χ2v) is 7.24. The van der Waals surface area contributed by atoms with Gasteiger partial charge in [-0.2, -0.15) is 0 Å². The van der Waals surface area contributed by atoms with Gasteiger partial charge in [-0.25, -0.2) is 0 Å². The summed E-state index contributed by atoms with van der Waals surface area (Å²) in [6.07, 6.45) is 3.11. The number of hydrogen-bond acceptors (Lipinski definition) is 3. The summed E-state index contributed by atoms with van der Waals surface area (Å²) in [5.74, 6) is 0. The average molecular weight is 317 g/mol. The molecular weight excluding hydrogens is 290 g/mol. The third-order valence-corrected chi connectivity index (χ3v) is 4.17. The van der Waals surface area contributed by atoms with E-state index in [1.807, 2.05) is 36.4 Å². The number of benzene rings is 1. The minimum atomic E-state index is -0.476. The van der Waals surface area contributed by atoms with Crippen molar-refractivity contribution in [2.45, 2.75) is 45.6 Å². The van der Waals surface area contributed by atoms with Gasteiger partial charge >= 0.3 is 0 Å². The van der Waals surface area contributed by atoms with Gasteiger partial charge in [-0.1, -0.05) is 57.2 Å². The molecule has 23 heavy (non-hydrogen) atoms. The summed E-state index contributed by atoms with van der Waals surface area (Å²) in [4.78, 5) is 13.5. The summed E-state index contributed by atoms with van der Waals surface area (Å²) in [6.45, 7) is 11.5. The van der Waals surface area contributed by atoms with Crippen LogP contribution in [-0.2, 0) is 20.9 Å². The first-order chi connectivity index (χ1) is 10.9. The quantitative estimate of drug-likeness (QED) is 0.571. The maximum absolute atomic E-state index is 11.7. The summed E-state index contributed by atoms with van der Waals surface area (Å²) in [7, 11) is 0. The monoisotopic (exact) mass is 317 g/mol. The van der Waals surface area contributed by atoms with Crippen molar-refractivity contribution >= 4 is 6.41 Å². The molecule has 1 aliphatic heterocycles. The third-order valence-electron chi connectivity index (χ3n) is 4.17. The van der Waals surface area contributed by atoms with Crippen LogP contribution in [0.2, 0.25) is 0 Å². The molecule has 2 rings (SSSR count). The summed E-state index contributed by atoms with van der Waals surface area (Å²) in [5, 5.41) is 0. The van der Waals surface area contributed by atoms with E-state index < -0.39 is 5.54 Å². The smallest absolute Gasteiger partial charge is 0.212 e. The number of ether oxygens (including phenoxy) is 2. The van der Waals surface area contributed by atoms with Crippen LogP contribution in [0, 0.1) is 5.41 Å². The molecule has 0 unspecified atom stereocenters. The number of carbonyl (C=O) groups excluding carboxylic acids is 1. The predicted octanol–water partition coefficient (Wildman–Crippen LogP) is 3.38. The fourth-order valence-corrected chi connectivity index (χ4v) is 3.01. The van der Waals surface area contributed by atoms with E-state index in [0.717, 1.165) is 12.0 Å². The van der Waals surface area contributed by atoms with E-state index in [4.69, 9.17) is 9.47 Å². The summed E-state index contributed by atoms with van der Waals surface area (Å²) >= 11 is 0. The van der Waals surface area contributed by atoms with Crippen molar-refractivity contribution in [1.82, 2.24) is 4.90 Å². The van der Waals surface area contributed by atoms with Crippen LogP contribution in [0.25, 0.3) is 0 Å². The maximum Gasteiger partial charge on any atom is 0.212 e. The van der Waals surface area contributed by atoms with Crippen LogP contribution in [-0.4, -0.2) is 36.3 Å². The van der Waals surface area contributed by atoms with E-state index in [1.165, 1.54) is 0 Å². The molecule has 1 fully saturated rings. The topological polar surface area (TPSA) is 38.8 Å². The molecular formula is C19H27NO3. The standard InChI is InChI=1S/C19H27NO3/c1-5-11-19(13-22-12-16-9-7-6-8-10-16)14-23-17(18(2,3)4)20(19)15-21/h5-10,15,17H,1,11-14H2,2-4H3/t17-,19-/m1/s1. The van der Waals surface area contributed by atoms with Crippen molar-refractivity contribution in [3.05, 3.63) is 48.6 Å². The van der Waals surface area contributed by atoms with Gasteiger partial charge in [-0.15, -0.1) is 6.58 Å². The number of nitrogens with zero attached hydrogens (tertiary/aromatic N) is 1.